The average Bonchev–Trinajstić information content (AvgIpc) is 2.97. The molecule has 98 valence electrons. The van der Waals surface area contributed by atoms with Gasteiger partial charge < -0.3 is 20.3 Å². The van der Waals surface area contributed by atoms with Gasteiger partial charge in [0.1, 0.15) is 5.69 Å². The molecule has 1 aromatic rings. The fourth-order valence-electron chi connectivity index (χ4n) is 2.05. The van der Waals surface area contributed by atoms with Gasteiger partial charge in [0, 0.05) is 32.4 Å². The molecule has 0 radical (unpaired) electrons. The van der Waals surface area contributed by atoms with E-state index in [2.05, 4.69) is 4.98 Å². The first-order valence-electron chi connectivity index (χ1n) is 5.85. The highest BCUT2D eigenvalue weighted by Gasteiger charge is 2.31. The number of aromatic nitrogens is 2. The molecule has 7 heteroatoms. The second-order valence-electron chi connectivity index (χ2n) is 4.36. The van der Waals surface area contributed by atoms with Crippen LogP contribution in [0.25, 0.3) is 0 Å². The van der Waals surface area contributed by atoms with Crippen molar-refractivity contribution in [3.8, 4) is 0 Å². The lowest BCUT2D eigenvalue weighted by molar-refractivity contribution is -0.141. The predicted molar refractivity (Wildman–Crippen MR) is 62.9 cm³/mol. The highest BCUT2D eigenvalue weighted by Crippen LogP contribution is 2.18. The van der Waals surface area contributed by atoms with Gasteiger partial charge in [-0.2, -0.15) is 0 Å². The molecule has 0 aliphatic carbocycles. The summed E-state index contributed by atoms with van der Waals surface area (Å²) in [6.45, 7) is 1.82. The highest BCUT2D eigenvalue weighted by molar-refractivity contribution is 5.92. The monoisotopic (exact) mass is 252 g/mol. The zero-order chi connectivity index (χ0) is 13.1. The van der Waals surface area contributed by atoms with Crippen LogP contribution in [0.3, 0.4) is 0 Å². The zero-order valence-electron chi connectivity index (χ0n) is 9.95. The number of rotatable bonds is 4. The predicted octanol–water partition coefficient (Wildman–Crippen LogP) is -0.611. The van der Waals surface area contributed by atoms with Crippen molar-refractivity contribution < 1.29 is 14.7 Å². The summed E-state index contributed by atoms with van der Waals surface area (Å²) in [6.07, 6.45) is 3.71. The fourth-order valence-corrected chi connectivity index (χ4v) is 2.05. The van der Waals surface area contributed by atoms with Crippen molar-refractivity contribution in [2.24, 2.45) is 11.7 Å². The maximum absolute atomic E-state index is 12.1. The summed E-state index contributed by atoms with van der Waals surface area (Å²) in [7, 11) is 0. The van der Waals surface area contributed by atoms with E-state index in [9.17, 15) is 9.59 Å². The van der Waals surface area contributed by atoms with Gasteiger partial charge in [-0.15, -0.1) is 0 Å². The number of imidazole rings is 1. The Kier molecular flexibility index (Phi) is 3.61. The highest BCUT2D eigenvalue weighted by atomic mass is 16.4. The second-order valence-corrected chi connectivity index (χ2v) is 4.36. The molecule has 0 bridgehead atoms. The van der Waals surface area contributed by atoms with Crippen molar-refractivity contribution in [1.29, 1.82) is 0 Å². The van der Waals surface area contributed by atoms with Crippen LogP contribution in [-0.4, -0.2) is 51.1 Å². The Labute approximate surface area is 104 Å². The van der Waals surface area contributed by atoms with Gasteiger partial charge in [-0.3, -0.25) is 9.59 Å². The van der Waals surface area contributed by atoms with E-state index in [1.54, 1.807) is 17.1 Å². The molecule has 2 heterocycles. The summed E-state index contributed by atoms with van der Waals surface area (Å²) in [5, 5.41) is 8.89. The molecule has 7 nitrogen and oxygen atoms in total. The summed E-state index contributed by atoms with van der Waals surface area (Å²) in [4.78, 5) is 28.4. The van der Waals surface area contributed by atoms with Crippen LogP contribution in [0.2, 0.25) is 0 Å². The molecule has 1 fully saturated rings. The largest absolute Gasteiger partial charge is 0.481 e. The van der Waals surface area contributed by atoms with Crippen LogP contribution in [0, 0.1) is 5.92 Å². The molecule has 0 saturated carbocycles. The smallest absolute Gasteiger partial charge is 0.308 e. The number of carboxylic acid groups (broad SMARTS) is 1. The van der Waals surface area contributed by atoms with Gasteiger partial charge in [0.25, 0.3) is 5.91 Å². The molecule has 0 spiro atoms. The number of hydrogen-bond acceptors (Lipinski definition) is 4. The van der Waals surface area contributed by atoms with Crippen LogP contribution >= 0.6 is 0 Å². The Morgan fingerprint density at radius 3 is 2.94 bits per heavy atom. The number of likely N-dealkylation sites (tertiary alicyclic amines) is 1. The molecule has 18 heavy (non-hydrogen) atoms. The van der Waals surface area contributed by atoms with Crippen LogP contribution in [0.5, 0.6) is 0 Å². The van der Waals surface area contributed by atoms with E-state index >= 15 is 0 Å². The first kappa shape index (κ1) is 12.6. The Morgan fingerprint density at radius 1 is 1.56 bits per heavy atom. The number of hydrogen-bond donors (Lipinski definition) is 2. The standard InChI is InChI=1S/C11H16N4O3/c12-2-4-14-6-9(13-7-14)10(16)15-3-1-8(5-15)11(17)18/h6-8H,1-5,12H2,(H,17,18). The molecule has 1 aromatic heterocycles. The second kappa shape index (κ2) is 5.18. The Balaban J connectivity index is 2.01. The summed E-state index contributed by atoms with van der Waals surface area (Å²) < 4.78 is 1.75. The van der Waals surface area contributed by atoms with Gasteiger partial charge in [0.05, 0.1) is 12.2 Å². The molecule has 1 unspecified atom stereocenters. The maximum Gasteiger partial charge on any atom is 0.308 e. The Hall–Kier alpha value is -1.89. The van der Waals surface area contributed by atoms with Gasteiger partial charge in [-0.05, 0) is 6.42 Å². The van der Waals surface area contributed by atoms with Crippen molar-refractivity contribution in [1.82, 2.24) is 14.5 Å². The molecular formula is C11H16N4O3. The summed E-state index contributed by atoms with van der Waals surface area (Å²) in [5.74, 6) is -1.52. The molecular weight excluding hydrogens is 236 g/mol. The van der Waals surface area contributed by atoms with Crippen molar-refractivity contribution >= 4 is 11.9 Å². The lowest BCUT2D eigenvalue weighted by atomic mass is 10.1. The topological polar surface area (TPSA) is 101 Å². The summed E-state index contributed by atoms with van der Waals surface area (Å²) in [6, 6.07) is 0. The number of nitrogens with zero attached hydrogens (tertiary/aromatic N) is 3. The summed E-state index contributed by atoms with van der Waals surface area (Å²) in [5.41, 5.74) is 5.75. The minimum Gasteiger partial charge on any atom is -0.481 e. The molecule has 2 rings (SSSR count). The van der Waals surface area contributed by atoms with Gasteiger partial charge in [0.2, 0.25) is 0 Å². The van der Waals surface area contributed by atoms with E-state index in [4.69, 9.17) is 10.8 Å². The van der Waals surface area contributed by atoms with Crippen molar-refractivity contribution in [3.05, 3.63) is 18.2 Å². The van der Waals surface area contributed by atoms with E-state index in [1.165, 1.54) is 4.90 Å². The molecule has 1 aliphatic heterocycles. The van der Waals surface area contributed by atoms with Crippen LogP contribution in [-0.2, 0) is 11.3 Å². The fraction of sp³-hybridized carbons (Fsp3) is 0.545. The van der Waals surface area contributed by atoms with E-state index in [0.717, 1.165) is 0 Å². The number of carbonyl (C=O) groups excluding carboxylic acids is 1. The van der Waals surface area contributed by atoms with E-state index in [-0.39, 0.29) is 12.5 Å². The van der Waals surface area contributed by atoms with Crippen molar-refractivity contribution in [2.75, 3.05) is 19.6 Å². The third-order valence-electron chi connectivity index (χ3n) is 3.06. The number of carbonyl (C=O) groups is 2. The molecule has 1 aliphatic rings. The SMILES string of the molecule is NCCn1cnc(C(=O)N2CCC(C(=O)O)C2)c1. The molecule has 3 N–H and O–H groups in total. The molecule has 1 amide bonds. The minimum absolute atomic E-state index is 0.213. The van der Waals surface area contributed by atoms with E-state index < -0.39 is 11.9 Å². The lowest BCUT2D eigenvalue weighted by Crippen LogP contribution is -2.30. The summed E-state index contributed by atoms with van der Waals surface area (Å²) >= 11 is 0. The molecule has 1 atom stereocenters. The van der Waals surface area contributed by atoms with Crippen LogP contribution < -0.4 is 5.73 Å². The average molecular weight is 252 g/mol. The Morgan fingerprint density at radius 2 is 2.33 bits per heavy atom. The van der Waals surface area contributed by atoms with Gasteiger partial charge in [-0.1, -0.05) is 0 Å². The zero-order valence-corrected chi connectivity index (χ0v) is 9.95. The third-order valence-corrected chi connectivity index (χ3v) is 3.06. The van der Waals surface area contributed by atoms with E-state index in [0.29, 0.717) is 31.7 Å². The number of nitrogens with two attached hydrogens (primary N) is 1. The van der Waals surface area contributed by atoms with Gasteiger partial charge >= 0.3 is 5.97 Å². The quantitative estimate of drug-likeness (QED) is 0.744. The Bertz CT molecular complexity index is 457. The van der Waals surface area contributed by atoms with Gasteiger partial charge in [-0.25, -0.2) is 4.98 Å². The van der Waals surface area contributed by atoms with Crippen molar-refractivity contribution in [2.45, 2.75) is 13.0 Å². The lowest BCUT2D eigenvalue weighted by Gasteiger charge is -2.13. The maximum atomic E-state index is 12.1. The minimum atomic E-state index is -0.848. The van der Waals surface area contributed by atoms with Crippen LogP contribution in [0.4, 0.5) is 0 Å². The van der Waals surface area contributed by atoms with Gasteiger partial charge in [0.15, 0.2) is 0 Å². The van der Waals surface area contributed by atoms with Crippen molar-refractivity contribution in [3.63, 3.8) is 0 Å². The number of aliphatic carboxylic acids is 1. The normalized spacial score (nSPS) is 19.2. The number of carboxylic acids is 1. The first-order valence-corrected chi connectivity index (χ1v) is 5.85. The molecule has 0 aromatic carbocycles. The third kappa shape index (κ3) is 2.51. The molecule has 1 saturated heterocycles. The number of amides is 1. The van der Waals surface area contributed by atoms with Crippen LogP contribution in [0.1, 0.15) is 16.9 Å². The first-order chi connectivity index (χ1) is 8.61. The van der Waals surface area contributed by atoms with E-state index in [1.807, 2.05) is 0 Å². The van der Waals surface area contributed by atoms with Crippen LogP contribution in [0.15, 0.2) is 12.5 Å².